The van der Waals surface area contributed by atoms with Gasteiger partial charge in [0.05, 0.1) is 6.61 Å². The first-order chi connectivity index (χ1) is 17.9. The molecule has 2 aromatic carbocycles. The Balaban J connectivity index is 1.70. The third-order valence-corrected chi connectivity index (χ3v) is 8.21. The SMILES string of the molecule is CSCCC(C(=O)O)N(C)C(=O)c1ccc(COCCCCC2CCCCC2)cc1-c1ccccc1C. The number of nitrogens with zero attached hydrogens (tertiary/aromatic N) is 1. The summed E-state index contributed by atoms with van der Waals surface area (Å²) in [6, 6.07) is 12.9. The average molecular weight is 526 g/mol. The third-order valence-electron chi connectivity index (χ3n) is 7.56. The van der Waals surface area contributed by atoms with Crippen LogP contribution in [-0.4, -0.2) is 53.6 Å². The number of carboxylic acids is 1. The Morgan fingerprint density at radius 2 is 1.84 bits per heavy atom. The highest BCUT2D eigenvalue weighted by Crippen LogP contribution is 2.30. The van der Waals surface area contributed by atoms with Gasteiger partial charge in [-0.25, -0.2) is 4.79 Å². The van der Waals surface area contributed by atoms with Crippen molar-refractivity contribution < 1.29 is 19.4 Å². The molecule has 0 spiro atoms. The molecule has 1 amide bonds. The van der Waals surface area contributed by atoms with Gasteiger partial charge in [-0.1, -0.05) is 75.3 Å². The number of carbonyl (C=O) groups is 2. The van der Waals surface area contributed by atoms with Crippen LogP contribution in [0.5, 0.6) is 0 Å². The van der Waals surface area contributed by atoms with Crippen LogP contribution < -0.4 is 0 Å². The van der Waals surface area contributed by atoms with E-state index in [0.29, 0.717) is 24.3 Å². The van der Waals surface area contributed by atoms with Crippen molar-refractivity contribution in [3.63, 3.8) is 0 Å². The standard InChI is InChI=1S/C31H43NO4S/c1-23-11-7-8-15-26(23)28-21-25(22-36-19-10-9-14-24-12-5-4-6-13-24)16-17-27(28)30(33)32(2)29(31(34)35)18-20-37-3/h7-8,11,15-17,21,24,29H,4-6,9-10,12-14,18-20,22H2,1-3H3,(H,34,35). The second kappa shape index (κ2) is 15.2. The number of unbranched alkanes of at least 4 members (excludes halogenated alkanes) is 1. The molecule has 1 saturated carbocycles. The largest absolute Gasteiger partial charge is 0.480 e. The maximum atomic E-state index is 13.6. The van der Waals surface area contributed by atoms with Crippen LogP contribution >= 0.6 is 11.8 Å². The third kappa shape index (κ3) is 8.61. The average Bonchev–Trinajstić information content (AvgIpc) is 2.91. The molecular weight excluding hydrogens is 482 g/mol. The second-order valence-corrected chi connectivity index (χ2v) is 11.3. The van der Waals surface area contributed by atoms with Crippen molar-refractivity contribution in [2.24, 2.45) is 5.92 Å². The minimum absolute atomic E-state index is 0.276. The summed E-state index contributed by atoms with van der Waals surface area (Å²) in [5.41, 5.74) is 4.40. The fourth-order valence-electron chi connectivity index (χ4n) is 5.31. The van der Waals surface area contributed by atoms with E-state index in [4.69, 9.17) is 4.74 Å². The van der Waals surface area contributed by atoms with Gasteiger partial charge >= 0.3 is 5.97 Å². The molecule has 1 N–H and O–H groups in total. The van der Waals surface area contributed by atoms with Gasteiger partial charge in [-0.2, -0.15) is 11.8 Å². The quantitative estimate of drug-likeness (QED) is 0.264. The van der Waals surface area contributed by atoms with Crippen LogP contribution in [0.2, 0.25) is 0 Å². The Morgan fingerprint density at radius 3 is 2.54 bits per heavy atom. The summed E-state index contributed by atoms with van der Waals surface area (Å²) in [6.07, 6.45) is 13.0. The highest BCUT2D eigenvalue weighted by Gasteiger charge is 2.28. The van der Waals surface area contributed by atoms with Gasteiger partial charge in [-0.15, -0.1) is 0 Å². The van der Waals surface area contributed by atoms with Crippen molar-refractivity contribution in [2.45, 2.75) is 77.4 Å². The molecular formula is C31H43NO4S. The lowest BCUT2D eigenvalue weighted by Crippen LogP contribution is -2.43. The molecule has 3 rings (SSSR count). The summed E-state index contributed by atoms with van der Waals surface area (Å²) in [4.78, 5) is 26.8. The zero-order valence-corrected chi connectivity index (χ0v) is 23.5. The van der Waals surface area contributed by atoms with E-state index in [1.54, 1.807) is 18.8 Å². The number of benzene rings is 2. The Morgan fingerprint density at radius 1 is 1.08 bits per heavy atom. The van der Waals surface area contributed by atoms with Gasteiger partial charge in [-0.3, -0.25) is 4.79 Å². The van der Waals surface area contributed by atoms with Crippen molar-refractivity contribution >= 4 is 23.6 Å². The molecule has 0 aliphatic heterocycles. The van der Waals surface area contributed by atoms with E-state index in [-0.39, 0.29) is 5.91 Å². The normalized spacial score (nSPS) is 14.9. The van der Waals surface area contributed by atoms with Crippen molar-refractivity contribution in [1.82, 2.24) is 4.90 Å². The van der Waals surface area contributed by atoms with Crippen LogP contribution in [0.3, 0.4) is 0 Å². The van der Waals surface area contributed by atoms with E-state index < -0.39 is 12.0 Å². The van der Waals surface area contributed by atoms with Crippen molar-refractivity contribution in [3.05, 3.63) is 59.2 Å². The lowest BCUT2D eigenvalue weighted by molar-refractivity contribution is -0.142. The summed E-state index contributed by atoms with van der Waals surface area (Å²) < 4.78 is 6.02. The van der Waals surface area contributed by atoms with Crippen LogP contribution in [-0.2, 0) is 16.1 Å². The molecule has 1 atom stereocenters. The molecule has 1 unspecified atom stereocenters. The van der Waals surface area contributed by atoms with E-state index in [0.717, 1.165) is 41.2 Å². The second-order valence-electron chi connectivity index (χ2n) is 10.3. The number of carboxylic acid groups (broad SMARTS) is 1. The van der Waals surface area contributed by atoms with Gasteiger partial charge in [0.2, 0.25) is 0 Å². The predicted molar refractivity (Wildman–Crippen MR) is 153 cm³/mol. The molecule has 0 saturated heterocycles. The first kappa shape index (κ1) is 29.2. The molecule has 1 fully saturated rings. The number of aliphatic carboxylic acids is 1. The zero-order valence-electron chi connectivity index (χ0n) is 22.7. The minimum atomic E-state index is -0.976. The Kier molecular flexibility index (Phi) is 12.0. The minimum Gasteiger partial charge on any atom is -0.480 e. The van der Waals surface area contributed by atoms with E-state index in [1.807, 2.05) is 55.6 Å². The molecule has 1 aliphatic carbocycles. The van der Waals surface area contributed by atoms with Gasteiger partial charge in [-0.05, 0) is 72.1 Å². The number of amides is 1. The molecule has 0 aromatic heterocycles. The number of carbonyl (C=O) groups excluding carboxylic acids is 1. The molecule has 1 aliphatic rings. The first-order valence-corrected chi connectivity index (χ1v) is 15.1. The molecule has 202 valence electrons. The number of likely N-dealkylation sites (N-methyl/N-ethyl adjacent to an activating group) is 1. The molecule has 2 aromatic rings. The monoisotopic (exact) mass is 525 g/mol. The summed E-state index contributed by atoms with van der Waals surface area (Å²) in [6.45, 7) is 3.27. The van der Waals surface area contributed by atoms with Gasteiger partial charge in [0.15, 0.2) is 0 Å². The fraction of sp³-hybridized carbons (Fsp3) is 0.548. The first-order valence-electron chi connectivity index (χ1n) is 13.7. The summed E-state index contributed by atoms with van der Waals surface area (Å²) in [5, 5.41) is 9.75. The van der Waals surface area contributed by atoms with Gasteiger partial charge in [0.1, 0.15) is 6.04 Å². The number of rotatable bonds is 14. The maximum Gasteiger partial charge on any atom is 0.326 e. The molecule has 5 nitrogen and oxygen atoms in total. The van der Waals surface area contributed by atoms with Crippen molar-refractivity contribution in [3.8, 4) is 11.1 Å². The lowest BCUT2D eigenvalue weighted by atomic mass is 9.86. The lowest BCUT2D eigenvalue weighted by Gasteiger charge is -2.26. The molecule has 0 bridgehead atoms. The highest BCUT2D eigenvalue weighted by atomic mass is 32.2. The summed E-state index contributed by atoms with van der Waals surface area (Å²) in [5.74, 6) is 0.337. The number of hydrogen-bond acceptors (Lipinski definition) is 4. The number of ether oxygens (including phenoxy) is 1. The van der Waals surface area contributed by atoms with Crippen LogP contribution in [0.4, 0.5) is 0 Å². The van der Waals surface area contributed by atoms with E-state index in [2.05, 4.69) is 0 Å². The Hall–Kier alpha value is -2.31. The number of hydrogen-bond donors (Lipinski definition) is 1. The van der Waals surface area contributed by atoms with Gasteiger partial charge in [0.25, 0.3) is 5.91 Å². The fourth-order valence-corrected chi connectivity index (χ4v) is 5.77. The van der Waals surface area contributed by atoms with Crippen LogP contribution in [0.15, 0.2) is 42.5 Å². The Bertz CT molecular complexity index is 1020. The van der Waals surface area contributed by atoms with Crippen LogP contribution in [0, 0.1) is 12.8 Å². The number of thioether (sulfide) groups is 1. The zero-order chi connectivity index (χ0) is 26.6. The van der Waals surface area contributed by atoms with Crippen molar-refractivity contribution in [2.75, 3.05) is 25.7 Å². The van der Waals surface area contributed by atoms with E-state index in [1.165, 1.54) is 49.8 Å². The van der Waals surface area contributed by atoms with Crippen molar-refractivity contribution in [1.29, 1.82) is 0 Å². The highest BCUT2D eigenvalue weighted by molar-refractivity contribution is 7.98. The van der Waals surface area contributed by atoms with Gasteiger partial charge < -0.3 is 14.7 Å². The summed E-state index contributed by atoms with van der Waals surface area (Å²) in [7, 11) is 1.59. The predicted octanol–water partition coefficient (Wildman–Crippen LogP) is 7.21. The van der Waals surface area contributed by atoms with Crippen LogP contribution in [0.1, 0.15) is 79.3 Å². The topological polar surface area (TPSA) is 66.8 Å². The molecule has 0 radical (unpaired) electrons. The van der Waals surface area contributed by atoms with Crippen LogP contribution in [0.25, 0.3) is 11.1 Å². The van der Waals surface area contributed by atoms with Gasteiger partial charge in [0, 0.05) is 19.2 Å². The number of aryl methyl sites for hydroxylation is 1. The van der Waals surface area contributed by atoms with E-state index >= 15 is 0 Å². The Labute approximate surface area is 227 Å². The maximum absolute atomic E-state index is 13.6. The molecule has 6 heteroatoms. The molecule has 0 heterocycles. The van der Waals surface area contributed by atoms with E-state index in [9.17, 15) is 14.7 Å². The summed E-state index contributed by atoms with van der Waals surface area (Å²) >= 11 is 1.58. The smallest absolute Gasteiger partial charge is 0.326 e. The molecule has 37 heavy (non-hydrogen) atoms.